The number of nitrogens with zero attached hydrogens (tertiary/aromatic N) is 1. The highest BCUT2D eigenvalue weighted by molar-refractivity contribution is 6.16. The number of hydrogen-bond donors (Lipinski definition) is 1. The largest absolute Gasteiger partial charge is 0.331 e. The molecule has 1 rings (SSSR count). The molecule has 1 atom stereocenters. The Bertz CT molecular complexity index is 355. The molecule has 1 aliphatic heterocycles. The van der Waals surface area contributed by atoms with Gasteiger partial charge >= 0.3 is 6.03 Å². The van der Waals surface area contributed by atoms with Crippen molar-refractivity contribution in [3.8, 4) is 0 Å². The summed E-state index contributed by atoms with van der Waals surface area (Å²) < 4.78 is 0. The number of urea groups is 1. The van der Waals surface area contributed by atoms with E-state index in [2.05, 4.69) is 5.32 Å². The molecule has 1 heterocycles. The SMILES string of the molecule is CC(C)N1C(=O)NC(=O)C(CC(C)(C)C)C1=O. The van der Waals surface area contributed by atoms with E-state index in [9.17, 15) is 14.4 Å². The lowest BCUT2D eigenvalue weighted by Gasteiger charge is -2.35. The molecule has 0 aromatic heterocycles. The van der Waals surface area contributed by atoms with Crippen molar-refractivity contribution >= 4 is 17.8 Å². The molecule has 0 radical (unpaired) electrons. The van der Waals surface area contributed by atoms with E-state index in [1.165, 1.54) is 0 Å². The molecule has 1 saturated heterocycles. The van der Waals surface area contributed by atoms with Gasteiger partial charge in [-0.3, -0.25) is 19.8 Å². The Morgan fingerprint density at radius 1 is 1.24 bits per heavy atom. The van der Waals surface area contributed by atoms with Gasteiger partial charge in [0.15, 0.2) is 0 Å². The lowest BCUT2D eigenvalue weighted by molar-refractivity contribution is -0.145. The Morgan fingerprint density at radius 2 is 1.76 bits per heavy atom. The lowest BCUT2D eigenvalue weighted by Crippen LogP contribution is -2.60. The van der Waals surface area contributed by atoms with Crippen molar-refractivity contribution in [1.29, 1.82) is 0 Å². The molecule has 0 aliphatic carbocycles. The van der Waals surface area contributed by atoms with Crippen molar-refractivity contribution in [3.63, 3.8) is 0 Å². The summed E-state index contributed by atoms with van der Waals surface area (Å²) in [5, 5.41) is 2.24. The maximum Gasteiger partial charge on any atom is 0.331 e. The van der Waals surface area contributed by atoms with E-state index < -0.39 is 17.9 Å². The molecule has 4 amide bonds. The minimum atomic E-state index is -0.755. The normalized spacial score (nSPS) is 22.1. The summed E-state index contributed by atoms with van der Waals surface area (Å²) >= 11 is 0. The van der Waals surface area contributed by atoms with Gasteiger partial charge in [-0.25, -0.2) is 4.79 Å². The van der Waals surface area contributed by atoms with Crippen molar-refractivity contribution < 1.29 is 14.4 Å². The van der Waals surface area contributed by atoms with E-state index in [1.807, 2.05) is 20.8 Å². The number of carbonyl (C=O) groups excluding carboxylic acids is 3. The van der Waals surface area contributed by atoms with Gasteiger partial charge in [-0.2, -0.15) is 0 Å². The average molecular weight is 240 g/mol. The summed E-state index contributed by atoms with van der Waals surface area (Å²) in [5.41, 5.74) is -0.138. The third-order valence-electron chi connectivity index (χ3n) is 2.63. The van der Waals surface area contributed by atoms with Crippen LogP contribution in [0.15, 0.2) is 0 Å². The first kappa shape index (κ1) is 13.7. The quantitative estimate of drug-likeness (QED) is 0.744. The van der Waals surface area contributed by atoms with Crippen LogP contribution in [0.3, 0.4) is 0 Å². The summed E-state index contributed by atoms with van der Waals surface area (Å²) in [7, 11) is 0. The van der Waals surface area contributed by atoms with Crippen LogP contribution in [0.4, 0.5) is 4.79 Å². The van der Waals surface area contributed by atoms with Crippen LogP contribution in [-0.4, -0.2) is 28.8 Å². The Labute approximate surface area is 102 Å². The van der Waals surface area contributed by atoms with Gasteiger partial charge in [0.05, 0.1) is 0 Å². The Kier molecular flexibility index (Phi) is 3.59. The molecule has 96 valence electrons. The second-order valence-electron chi connectivity index (χ2n) is 5.91. The minimum absolute atomic E-state index is 0.138. The molecule has 1 aliphatic rings. The molecule has 0 aromatic rings. The minimum Gasteiger partial charge on any atom is -0.277 e. The molecule has 1 N–H and O–H groups in total. The molecule has 0 spiro atoms. The van der Waals surface area contributed by atoms with Crippen molar-refractivity contribution in [1.82, 2.24) is 10.2 Å². The van der Waals surface area contributed by atoms with Crippen LogP contribution in [0.2, 0.25) is 0 Å². The van der Waals surface area contributed by atoms with Gasteiger partial charge in [0.2, 0.25) is 11.8 Å². The van der Waals surface area contributed by atoms with Crippen molar-refractivity contribution in [2.75, 3.05) is 0 Å². The Hall–Kier alpha value is -1.39. The van der Waals surface area contributed by atoms with Crippen molar-refractivity contribution in [2.45, 2.75) is 47.1 Å². The summed E-state index contributed by atoms with van der Waals surface area (Å²) in [6.07, 6.45) is 0.439. The van der Waals surface area contributed by atoms with Gasteiger partial charge in [-0.15, -0.1) is 0 Å². The van der Waals surface area contributed by atoms with E-state index in [0.717, 1.165) is 4.90 Å². The van der Waals surface area contributed by atoms with Crippen molar-refractivity contribution in [2.24, 2.45) is 11.3 Å². The molecule has 0 saturated carbocycles. The highest BCUT2D eigenvalue weighted by atomic mass is 16.2. The third kappa shape index (κ3) is 3.05. The Balaban J connectivity index is 2.95. The summed E-state index contributed by atoms with van der Waals surface area (Å²) in [6.45, 7) is 9.39. The van der Waals surface area contributed by atoms with Crippen LogP contribution in [-0.2, 0) is 9.59 Å². The number of rotatable bonds is 2. The van der Waals surface area contributed by atoms with Crippen LogP contribution in [0.5, 0.6) is 0 Å². The Morgan fingerprint density at radius 3 is 2.18 bits per heavy atom. The van der Waals surface area contributed by atoms with Gasteiger partial charge in [0.25, 0.3) is 0 Å². The lowest BCUT2D eigenvalue weighted by atomic mass is 9.83. The predicted molar refractivity (Wildman–Crippen MR) is 63.1 cm³/mol. The molecular formula is C12H20N2O3. The number of barbiturate groups is 1. The fourth-order valence-corrected chi connectivity index (χ4v) is 1.91. The van der Waals surface area contributed by atoms with E-state index in [1.54, 1.807) is 13.8 Å². The van der Waals surface area contributed by atoms with Crippen LogP contribution in [0, 0.1) is 11.3 Å². The molecule has 1 unspecified atom stereocenters. The average Bonchev–Trinajstić information content (AvgIpc) is 2.09. The van der Waals surface area contributed by atoms with Gasteiger partial charge in [-0.05, 0) is 25.7 Å². The molecule has 0 aromatic carbocycles. The molecule has 1 fully saturated rings. The fraction of sp³-hybridized carbons (Fsp3) is 0.750. The van der Waals surface area contributed by atoms with E-state index in [-0.39, 0.29) is 17.4 Å². The zero-order valence-corrected chi connectivity index (χ0v) is 11.0. The number of hydrogen-bond acceptors (Lipinski definition) is 3. The smallest absolute Gasteiger partial charge is 0.277 e. The van der Waals surface area contributed by atoms with Crippen LogP contribution in [0.1, 0.15) is 41.0 Å². The predicted octanol–water partition coefficient (Wildman–Crippen LogP) is 1.53. The maximum absolute atomic E-state index is 12.1. The van der Waals surface area contributed by atoms with E-state index in [0.29, 0.717) is 6.42 Å². The first-order valence-electron chi connectivity index (χ1n) is 5.81. The third-order valence-corrected chi connectivity index (χ3v) is 2.63. The monoisotopic (exact) mass is 240 g/mol. The first-order chi connectivity index (χ1) is 7.63. The van der Waals surface area contributed by atoms with Crippen LogP contribution in [0.25, 0.3) is 0 Å². The topological polar surface area (TPSA) is 66.5 Å². The fourth-order valence-electron chi connectivity index (χ4n) is 1.91. The summed E-state index contributed by atoms with van der Waals surface area (Å²) in [4.78, 5) is 36.5. The number of carbonyl (C=O) groups is 3. The molecule has 5 heteroatoms. The van der Waals surface area contributed by atoms with Crippen LogP contribution >= 0.6 is 0 Å². The second kappa shape index (κ2) is 4.47. The van der Waals surface area contributed by atoms with E-state index >= 15 is 0 Å². The van der Waals surface area contributed by atoms with Gasteiger partial charge in [0, 0.05) is 6.04 Å². The molecule has 0 bridgehead atoms. The second-order valence-corrected chi connectivity index (χ2v) is 5.91. The summed E-state index contributed by atoms with van der Waals surface area (Å²) in [5.74, 6) is -1.62. The standard InChI is InChI=1S/C12H20N2O3/c1-7(2)14-10(16)8(6-12(3,4)5)9(15)13-11(14)17/h7-8H,6H2,1-5H3,(H,13,15,17). The van der Waals surface area contributed by atoms with Gasteiger partial charge < -0.3 is 0 Å². The van der Waals surface area contributed by atoms with Crippen LogP contribution < -0.4 is 5.32 Å². The molecule has 17 heavy (non-hydrogen) atoms. The number of imide groups is 2. The maximum atomic E-state index is 12.1. The highest BCUT2D eigenvalue weighted by Gasteiger charge is 2.42. The van der Waals surface area contributed by atoms with Gasteiger partial charge in [0.1, 0.15) is 5.92 Å². The first-order valence-corrected chi connectivity index (χ1v) is 5.81. The van der Waals surface area contributed by atoms with E-state index in [4.69, 9.17) is 0 Å². The molecular weight excluding hydrogens is 220 g/mol. The summed E-state index contributed by atoms with van der Waals surface area (Å²) in [6, 6.07) is -0.849. The van der Waals surface area contributed by atoms with Crippen molar-refractivity contribution in [3.05, 3.63) is 0 Å². The number of amides is 4. The van der Waals surface area contributed by atoms with Gasteiger partial charge in [-0.1, -0.05) is 20.8 Å². The number of nitrogens with one attached hydrogen (secondary N) is 1. The molecule has 5 nitrogen and oxygen atoms in total. The zero-order valence-electron chi connectivity index (χ0n) is 11.0. The zero-order chi connectivity index (χ0) is 13.4. The highest BCUT2D eigenvalue weighted by Crippen LogP contribution is 2.28.